The van der Waals surface area contributed by atoms with Gasteiger partial charge in [-0.05, 0) is 22.0 Å². The third-order valence-corrected chi connectivity index (χ3v) is 3.55. The summed E-state index contributed by atoms with van der Waals surface area (Å²) in [5, 5.41) is 0. The van der Waals surface area contributed by atoms with E-state index in [1.165, 1.54) is 0 Å². The Labute approximate surface area is 107 Å². The average Bonchev–Trinajstić information content (AvgIpc) is 2.06. The molecule has 0 spiro atoms. The quantitative estimate of drug-likeness (QED) is 0.655. The zero-order valence-electron chi connectivity index (χ0n) is 7.75. The summed E-state index contributed by atoms with van der Waals surface area (Å²) >= 11 is 2.72. The Balaban J connectivity index is 3.29. The van der Waals surface area contributed by atoms with Crippen LogP contribution >= 0.6 is 26.6 Å². The number of nitrogen functional groups attached to an aromatic ring is 1. The maximum Gasteiger partial charge on any atom is 0.573 e. The zero-order chi connectivity index (χ0) is 13.4. The molecule has 0 aliphatic heterocycles. The minimum atomic E-state index is -4.91. The summed E-state index contributed by atoms with van der Waals surface area (Å²) in [6.45, 7) is 0. The van der Waals surface area contributed by atoms with Gasteiger partial charge in [-0.3, -0.25) is 0 Å². The normalized spacial score (nSPS) is 12.5. The molecular weight excluding hydrogens is 350 g/mol. The predicted octanol–water partition coefficient (Wildman–Crippen LogP) is 2.86. The molecule has 0 saturated carbocycles. The highest BCUT2D eigenvalue weighted by Gasteiger charge is 2.32. The summed E-state index contributed by atoms with van der Waals surface area (Å²) in [4.78, 5) is -0.499. The van der Waals surface area contributed by atoms with Crippen LogP contribution in [0.4, 0.5) is 18.9 Å². The van der Waals surface area contributed by atoms with E-state index in [0.717, 1.165) is 6.07 Å². The van der Waals surface area contributed by atoms with Gasteiger partial charge in [0.1, 0.15) is 10.6 Å². The van der Waals surface area contributed by atoms with Gasteiger partial charge in [-0.25, -0.2) is 8.42 Å². The summed E-state index contributed by atoms with van der Waals surface area (Å²) in [6, 6.07) is 1.55. The molecule has 0 fully saturated rings. The van der Waals surface area contributed by atoms with Crippen LogP contribution in [0.3, 0.4) is 0 Å². The Morgan fingerprint density at radius 3 is 2.29 bits per heavy atom. The Kier molecular flexibility index (Phi) is 3.84. The molecule has 2 N–H and O–H groups in total. The standard InChI is InChI=1S/C7H4BrClF3NO3S/c8-3-1-6(17(9,14)15)4(13)2-5(3)16-7(10,11)12/h1-2H,13H2. The van der Waals surface area contributed by atoms with E-state index >= 15 is 0 Å². The maximum absolute atomic E-state index is 12.0. The molecule has 10 heteroatoms. The molecule has 0 heterocycles. The van der Waals surface area contributed by atoms with Crippen molar-refractivity contribution >= 4 is 41.4 Å². The Morgan fingerprint density at radius 2 is 1.88 bits per heavy atom. The molecule has 0 atom stereocenters. The molecular formula is C7H4BrClF3NO3S. The number of anilines is 1. The van der Waals surface area contributed by atoms with E-state index in [2.05, 4.69) is 20.7 Å². The number of alkyl halides is 3. The van der Waals surface area contributed by atoms with Gasteiger partial charge in [-0.1, -0.05) is 0 Å². The highest BCUT2D eigenvalue weighted by Crippen LogP contribution is 2.36. The zero-order valence-corrected chi connectivity index (χ0v) is 10.9. The predicted molar refractivity (Wildman–Crippen MR) is 58.3 cm³/mol. The number of ether oxygens (including phenoxy) is 1. The van der Waals surface area contributed by atoms with Crippen LogP contribution in [0.5, 0.6) is 5.75 Å². The number of nitrogens with two attached hydrogens (primary N) is 1. The molecule has 0 amide bonds. The molecule has 96 valence electrons. The van der Waals surface area contributed by atoms with Gasteiger partial charge in [0.25, 0.3) is 9.05 Å². The summed E-state index contributed by atoms with van der Waals surface area (Å²) in [6.07, 6.45) is -4.91. The van der Waals surface area contributed by atoms with Gasteiger partial charge in [0.15, 0.2) is 0 Å². The number of hydrogen-bond donors (Lipinski definition) is 1. The van der Waals surface area contributed by atoms with Gasteiger partial charge in [0.05, 0.1) is 10.2 Å². The summed E-state index contributed by atoms with van der Waals surface area (Å²) < 4.78 is 61.3. The lowest BCUT2D eigenvalue weighted by Gasteiger charge is -2.12. The molecule has 0 saturated heterocycles. The van der Waals surface area contributed by atoms with Crippen molar-refractivity contribution in [3.8, 4) is 5.75 Å². The molecule has 0 aliphatic rings. The molecule has 0 aromatic heterocycles. The largest absolute Gasteiger partial charge is 0.573 e. The van der Waals surface area contributed by atoms with Gasteiger partial charge in [0, 0.05) is 16.7 Å². The van der Waals surface area contributed by atoms with Gasteiger partial charge in [-0.2, -0.15) is 0 Å². The highest BCUT2D eigenvalue weighted by atomic mass is 79.9. The van der Waals surface area contributed by atoms with Crippen molar-refractivity contribution in [3.05, 3.63) is 16.6 Å². The Hall–Kier alpha value is -0.670. The minimum absolute atomic E-state index is 0.233. The fourth-order valence-corrected chi connectivity index (χ4v) is 2.54. The monoisotopic (exact) mass is 353 g/mol. The van der Waals surface area contributed by atoms with Gasteiger partial charge >= 0.3 is 6.36 Å². The Morgan fingerprint density at radius 1 is 1.35 bits per heavy atom. The van der Waals surface area contributed by atoms with E-state index < -0.39 is 31.7 Å². The van der Waals surface area contributed by atoms with Gasteiger partial charge in [-0.15, -0.1) is 13.2 Å². The summed E-state index contributed by atoms with van der Waals surface area (Å²) in [5.41, 5.74) is 4.82. The molecule has 1 aromatic rings. The highest BCUT2D eigenvalue weighted by molar-refractivity contribution is 9.10. The molecule has 1 aromatic carbocycles. The van der Waals surface area contributed by atoms with E-state index in [1.807, 2.05) is 0 Å². The van der Waals surface area contributed by atoms with Crippen molar-refractivity contribution < 1.29 is 26.3 Å². The van der Waals surface area contributed by atoms with E-state index in [0.29, 0.717) is 6.07 Å². The molecule has 17 heavy (non-hydrogen) atoms. The lowest BCUT2D eigenvalue weighted by molar-refractivity contribution is -0.274. The van der Waals surface area contributed by atoms with Crippen molar-refractivity contribution in [2.75, 3.05) is 5.73 Å². The second kappa shape index (κ2) is 4.54. The van der Waals surface area contributed by atoms with Crippen molar-refractivity contribution in [1.82, 2.24) is 0 Å². The van der Waals surface area contributed by atoms with Crippen LogP contribution in [0, 0.1) is 0 Å². The third kappa shape index (κ3) is 3.93. The topological polar surface area (TPSA) is 69.4 Å². The van der Waals surface area contributed by atoms with E-state index in [9.17, 15) is 21.6 Å². The molecule has 0 radical (unpaired) electrons. The number of halogens is 5. The fourth-order valence-electron chi connectivity index (χ4n) is 0.965. The molecule has 0 unspecified atom stereocenters. The number of benzene rings is 1. The smallest absolute Gasteiger partial charge is 0.405 e. The average molecular weight is 355 g/mol. The van der Waals surface area contributed by atoms with Crippen LogP contribution in [0.25, 0.3) is 0 Å². The van der Waals surface area contributed by atoms with E-state index in [4.69, 9.17) is 16.4 Å². The second-order valence-electron chi connectivity index (χ2n) is 2.81. The number of rotatable bonds is 2. The van der Waals surface area contributed by atoms with E-state index in [-0.39, 0.29) is 4.47 Å². The Bertz CT molecular complexity index is 546. The van der Waals surface area contributed by atoms with Crippen molar-refractivity contribution in [3.63, 3.8) is 0 Å². The molecule has 1 rings (SSSR count). The van der Waals surface area contributed by atoms with Crippen LogP contribution in [0.2, 0.25) is 0 Å². The minimum Gasteiger partial charge on any atom is -0.405 e. The van der Waals surface area contributed by atoms with Crippen molar-refractivity contribution in [1.29, 1.82) is 0 Å². The summed E-state index contributed by atoms with van der Waals surface area (Å²) in [7, 11) is 0.894. The lowest BCUT2D eigenvalue weighted by Crippen LogP contribution is -2.17. The first-order valence-electron chi connectivity index (χ1n) is 3.80. The van der Waals surface area contributed by atoms with Crippen LogP contribution in [-0.2, 0) is 9.05 Å². The van der Waals surface area contributed by atoms with Crippen LogP contribution < -0.4 is 10.5 Å². The van der Waals surface area contributed by atoms with Crippen molar-refractivity contribution in [2.24, 2.45) is 0 Å². The molecule has 0 bridgehead atoms. The third-order valence-electron chi connectivity index (χ3n) is 1.55. The first-order valence-corrected chi connectivity index (χ1v) is 6.90. The molecule has 0 aliphatic carbocycles. The fraction of sp³-hybridized carbons (Fsp3) is 0.143. The van der Waals surface area contributed by atoms with Gasteiger partial charge in [0.2, 0.25) is 0 Å². The van der Waals surface area contributed by atoms with Crippen LogP contribution in [0.15, 0.2) is 21.5 Å². The van der Waals surface area contributed by atoms with Crippen LogP contribution in [0.1, 0.15) is 0 Å². The maximum atomic E-state index is 12.0. The van der Waals surface area contributed by atoms with Crippen LogP contribution in [-0.4, -0.2) is 14.8 Å². The first-order chi connectivity index (χ1) is 7.50. The second-order valence-corrected chi connectivity index (χ2v) is 6.19. The first kappa shape index (κ1) is 14.4. The van der Waals surface area contributed by atoms with Gasteiger partial charge < -0.3 is 10.5 Å². The lowest BCUT2D eigenvalue weighted by atomic mass is 10.3. The number of hydrogen-bond acceptors (Lipinski definition) is 4. The van der Waals surface area contributed by atoms with Crippen molar-refractivity contribution in [2.45, 2.75) is 11.3 Å². The molecule has 4 nitrogen and oxygen atoms in total. The van der Waals surface area contributed by atoms with E-state index in [1.54, 1.807) is 0 Å². The summed E-state index contributed by atoms with van der Waals surface area (Å²) in [5.74, 6) is -0.654. The SMILES string of the molecule is Nc1cc(OC(F)(F)F)c(Br)cc1S(=O)(=O)Cl.